The normalized spacial score (nSPS) is 11.5. The number of amides is 1. The summed E-state index contributed by atoms with van der Waals surface area (Å²) in [6.45, 7) is 0.381. The molecule has 3 rings (SSSR count). The molecule has 1 aromatic carbocycles. The van der Waals surface area contributed by atoms with Gasteiger partial charge in [0, 0.05) is 42.0 Å². The molecule has 1 amide bonds. The molecule has 0 unspecified atom stereocenters. The summed E-state index contributed by atoms with van der Waals surface area (Å²) in [4.78, 5) is 23.9. The van der Waals surface area contributed by atoms with Crippen molar-refractivity contribution in [2.75, 3.05) is 7.05 Å². The molecule has 0 radical (unpaired) electrons. The minimum absolute atomic E-state index is 0. The molecule has 2 aromatic heterocycles. The van der Waals surface area contributed by atoms with Gasteiger partial charge in [0.25, 0.3) is 0 Å². The highest BCUT2D eigenvalue weighted by Crippen LogP contribution is 2.17. The van der Waals surface area contributed by atoms with E-state index in [0.717, 1.165) is 22.3 Å². The van der Waals surface area contributed by atoms with Gasteiger partial charge in [-0.3, -0.25) is 4.79 Å². The van der Waals surface area contributed by atoms with Crippen LogP contribution < -0.4 is 5.73 Å². The second kappa shape index (κ2) is 8.84. The summed E-state index contributed by atoms with van der Waals surface area (Å²) in [5, 5.41) is 0.780. The number of benzene rings is 1. The Morgan fingerprint density at radius 3 is 2.76 bits per heavy atom. The number of rotatable bonds is 5. The van der Waals surface area contributed by atoms with Crippen molar-refractivity contribution in [1.29, 1.82) is 0 Å². The van der Waals surface area contributed by atoms with Crippen LogP contribution in [0.15, 0.2) is 36.8 Å². The van der Waals surface area contributed by atoms with Crippen molar-refractivity contribution in [3.8, 4) is 0 Å². The van der Waals surface area contributed by atoms with Crippen LogP contribution in [0.2, 0.25) is 0 Å². The van der Waals surface area contributed by atoms with Gasteiger partial charge in [0.1, 0.15) is 5.82 Å². The zero-order valence-corrected chi connectivity index (χ0v) is 15.2. The number of hydrogen-bond acceptors (Lipinski definition) is 3. The van der Waals surface area contributed by atoms with Crippen LogP contribution in [-0.2, 0) is 17.8 Å². The predicted octanol–water partition coefficient (Wildman–Crippen LogP) is 2.40. The second-order valence-electron chi connectivity index (χ2n) is 5.61. The van der Waals surface area contributed by atoms with Crippen LogP contribution in [0.4, 0.5) is 4.39 Å². The highest BCUT2D eigenvalue weighted by Gasteiger charge is 2.19. The fourth-order valence-electron chi connectivity index (χ4n) is 2.59. The van der Waals surface area contributed by atoms with Gasteiger partial charge in [-0.25, -0.2) is 9.37 Å². The van der Waals surface area contributed by atoms with Crippen molar-refractivity contribution < 1.29 is 9.18 Å². The monoisotopic (exact) mass is 387 g/mol. The zero-order valence-electron chi connectivity index (χ0n) is 13.5. The predicted molar refractivity (Wildman–Crippen MR) is 99.5 cm³/mol. The average molecular weight is 388 g/mol. The maximum absolute atomic E-state index is 13.2. The van der Waals surface area contributed by atoms with Crippen molar-refractivity contribution in [2.24, 2.45) is 5.73 Å². The maximum Gasteiger partial charge on any atom is 0.239 e. The van der Waals surface area contributed by atoms with Crippen molar-refractivity contribution in [3.63, 3.8) is 0 Å². The molecule has 0 saturated carbocycles. The summed E-state index contributed by atoms with van der Waals surface area (Å²) < 4.78 is 13.2. The molecular weight excluding hydrogens is 368 g/mol. The van der Waals surface area contributed by atoms with E-state index in [1.807, 2.05) is 6.07 Å². The average Bonchev–Trinajstić information content (AvgIpc) is 3.14. The van der Waals surface area contributed by atoms with Gasteiger partial charge in [0.2, 0.25) is 5.91 Å². The molecule has 136 valence electrons. The summed E-state index contributed by atoms with van der Waals surface area (Å²) >= 11 is 0. The molecule has 25 heavy (non-hydrogen) atoms. The number of nitrogens with two attached hydrogens (primary N) is 1. The minimum Gasteiger partial charge on any atom is -0.357 e. The number of aromatic nitrogens is 3. The van der Waals surface area contributed by atoms with Crippen LogP contribution in [0.5, 0.6) is 0 Å². The first-order chi connectivity index (χ1) is 11.0. The Hall–Kier alpha value is -2.09. The van der Waals surface area contributed by atoms with E-state index in [0.29, 0.717) is 13.0 Å². The van der Waals surface area contributed by atoms with Gasteiger partial charge in [-0.2, -0.15) is 0 Å². The lowest BCUT2D eigenvalue weighted by molar-refractivity contribution is -0.131. The first kappa shape index (κ1) is 21.0. The molecule has 6 nitrogen and oxygen atoms in total. The van der Waals surface area contributed by atoms with Crippen molar-refractivity contribution in [1.82, 2.24) is 19.9 Å². The lowest BCUT2D eigenvalue weighted by Crippen LogP contribution is -2.42. The summed E-state index contributed by atoms with van der Waals surface area (Å²) in [5.41, 5.74) is 8.44. The Kier molecular flexibility index (Phi) is 7.41. The van der Waals surface area contributed by atoms with Crippen LogP contribution in [0, 0.1) is 5.82 Å². The molecule has 0 fully saturated rings. The topological polar surface area (TPSA) is 90.8 Å². The number of fused-ring (bicyclic) bond motifs is 1. The third kappa shape index (κ3) is 4.94. The minimum atomic E-state index is -0.637. The Morgan fingerprint density at radius 2 is 2.08 bits per heavy atom. The van der Waals surface area contributed by atoms with Crippen molar-refractivity contribution >= 4 is 41.6 Å². The largest absolute Gasteiger partial charge is 0.357 e. The van der Waals surface area contributed by atoms with Crippen LogP contribution in [0.1, 0.15) is 11.4 Å². The molecule has 9 heteroatoms. The lowest BCUT2D eigenvalue weighted by Gasteiger charge is -2.20. The fourth-order valence-corrected chi connectivity index (χ4v) is 2.59. The van der Waals surface area contributed by atoms with Crippen LogP contribution in [0.3, 0.4) is 0 Å². The van der Waals surface area contributed by atoms with Gasteiger partial charge in [-0.15, -0.1) is 24.8 Å². The van der Waals surface area contributed by atoms with Gasteiger partial charge < -0.3 is 20.6 Å². The van der Waals surface area contributed by atoms with Crippen LogP contribution >= 0.6 is 24.8 Å². The smallest absolute Gasteiger partial charge is 0.239 e. The first-order valence-corrected chi connectivity index (χ1v) is 7.28. The number of imidazole rings is 1. The molecule has 0 aliphatic heterocycles. The standard InChI is InChI=1S/C16H18FN5O.2ClH/c1-22(16(23)14(18)6-12-7-19-9-20-12)8-13-5-10-4-11(17)2-3-15(10)21-13;;/h2-5,7,9,14,21H,6,8,18H2,1H3,(H,19,20);2*1H/t14-;;/m0../s1. The molecule has 0 saturated heterocycles. The highest BCUT2D eigenvalue weighted by atomic mass is 35.5. The Balaban J connectivity index is 0.00000156. The van der Waals surface area contributed by atoms with E-state index in [1.165, 1.54) is 12.1 Å². The fraction of sp³-hybridized carbons (Fsp3) is 0.250. The Labute approximate surface area is 156 Å². The molecule has 1 atom stereocenters. The number of carbonyl (C=O) groups is 1. The molecule has 2 heterocycles. The number of hydrogen-bond donors (Lipinski definition) is 3. The number of H-pyrrole nitrogens is 2. The molecule has 0 aliphatic carbocycles. The van der Waals surface area contributed by atoms with Crippen molar-refractivity contribution in [3.05, 3.63) is 54.0 Å². The van der Waals surface area contributed by atoms with E-state index >= 15 is 0 Å². The maximum atomic E-state index is 13.2. The second-order valence-corrected chi connectivity index (χ2v) is 5.61. The number of aromatic amines is 2. The third-order valence-electron chi connectivity index (χ3n) is 3.73. The van der Waals surface area contributed by atoms with Crippen molar-refractivity contribution in [2.45, 2.75) is 19.0 Å². The van der Waals surface area contributed by atoms with Crippen LogP contribution in [0.25, 0.3) is 10.9 Å². The van der Waals surface area contributed by atoms with Gasteiger partial charge in [0.15, 0.2) is 0 Å². The van der Waals surface area contributed by atoms with E-state index < -0.39 is 6.04 Å². The van der Waals surface area contributed by atoms with Gasteiger partial charge in [0.05, 0.1) is 18.9 Å². The number of nitrogens with zero attached hydrogens (tertiary/aromatic N) is 2. The quantitative estimate of drug-likeness (QED) is 0.627. The molecule has 0 aliphatic rings. The van der Waals surface area contributed by atoms with E-state index in [1.54, 1.807) is 30.5 Å². The van der Waals surface area contributed by atoms with Gasteiger partial charge >= 0.3 is 0 Å². The number of likely N-dealkylation sites (N-methyl/N-ethyl adjacent to an activating group) is 1. The summed E-state index contributed by atoms with van der Waals surface area (Å²) in [6, 6.07) is 5.74. The van der Waals surface area contributed by atoms with E-state index in [9.17, 15) is 9.18 Å². The zero-order chi connectivity index (χ0) is 16.4. The number of nitrogens with one attached hydrogen (secondary N) is 2. The molecule has 3 aromatic rings. The van der Waals surface area contributed by atoms with E-state index in [2.05, 4.69) is 15.0 Å². The van der Waals surface area contributed by atoms with Gasteiger partial charge in [-0.05, 0) is 24.3 Å². The molecule has 0 spiro atoms. The highest BCUT2D eigenvalue weighted by molar-refractivity contribution is 5.85. The summed E-state index contributed by atoms with van der Waals surface area (Å²) in [5.74, 6) is -0.446. The van der Waals surface area contributed by atoms with Gasteiger partial charge in [-0.1, -0.05) is 0 Å². The van der Waals surface area contributed by atoms with Crippen LogP contribution in [-0.4, -0.2) is 38.8 Å². The number of carbonyl (C=O) groups excluding carboxylic acids is 1. The molecule has 4 N–H and O–H groups in total. The van der Waals surface area contributed by atoms with E-state index in [-0.39, 0.29) is 36.5 Å². The molecule has 0 bridgehead atoms. The van der Waals surface area contributed by atoms with E-state index in [4.69, 9.17) is 5.73 Å². The summed E-state index contributed by atoms with van der Waals surface area (Å²) in [7, 11) is 1.70. The Bertz CT molecular complexity index is 821. The third-order valence-corrected chi connectivity index (χ3v) is 3.73. The number of halogens is 3. The first-order valence-electron chi connectivity index (χ1n) is 7.28. The lowest BCUT2D eigenvalue weighted by atomic mass is 10.1. The Morgan fingerprint density at radius 1 is 1.32 bits per heavy atom. The SMILES string of the molecule is CN(Cc1cc2cc(F)ccc2[nH]1)C(=O)[C@@H](N)Cc1cnc[nH]1.Cl.Cl. The molecular formula is C16H20Cl2FN5O. The summed E-state index contributed by atoms with van der Waals surface area (Å²) in [6.07, 6.45) is 3.61.